The van der Waals surface area contributed by atoms with Crippen molar-refractivity contribution >= 4 is 40.8 Å². The molecule has 2 aromatic carbocycles. The minimum Gasteiger partial charge on any atom is -0.299 e. The molecule has 0 unspecified atom stereocenters. The average Bonchev–Trinajstić information content (AvgIpc) is 3.01. The number of imide groups is 1. The highest BCUT2D eigenvalue weighted by Crippen LogP contribution is 2.36. The van der Waals surface area contributed by atoms with Crippen LogP contribution in [-0.2, 0) is 27.2 Å². The lowest BCUT2D eigenvalue weighted by molar-refractivity contribution is -0.137. The van der Waals surface area contributed by atoms with Crippen LogP contribution in [0.25, 0.3) is 0 Å². The predicted molar refractivity (Wildman–Crippen MR) is 118 cm³/mol. The van der Waals surface area contributed by atoms with Gasteiger partial charge in [-0.1, -0.05) is 29.8 Å². The van der Waals surface area contributed by atoms with Gasteiger partial charge in [0.25, 0.3) is 11.8 Å². The van der Waals surface area contributed by atoms with Crippen LogP contribution in [0.5, 0.6) is 0 Å². The second-order valence-electron chi connectivity index (χ2n) is 8.58. The van der Waals surface area contributed by atoms with E-state index in [1.807, 2.05) is 12.1 Å². The molecule has 164 valence electrons. The summed E-state index contributed by atoms with van der Waals surface area (Å²) in [7, 11) is 0. The van der Waals surface area contributed by atoms with Crippen LogP contribution in [0.4, 0.5) is 0 Å². The summed E-state index contributed by atoms with van der Waals surface area (Å²) in [5, 5.41) is 0.614. The molecule has 1 atom stereocenters. The number of hydrogen-bond donors (Lipinski definition) is 0. The number of ketones is 3. The first-order valence-corrected chi connectivity index (χ1v) is 10.9. The van der Waals surface area contributed by atoms with Crippen molar-refractivity contribution in [2.75, 3.05) is 0 Å². The molecule has 7 heteroatoms. The molecule has 1 aliphatic carbocycles. The molecular formula is C25H22ClNO5. The van der Waals surface area contributed by atoms with Gasteiger partial charge < -0.3 is 0 Å². The summed E-state index contributed by atoms with van der Waals surface area (Å²) in [4.78, 5) is 63.6. The summed E-state index contributed by atoms with van der Waals surface area (Å²) in [5.41, 5.74) is 0.830. The Bertz CT molecular complexity index is 1150. The number of carbonyl (C=O) groups excluding carboxylic acids is 5. The summed E-state index contributed by atoms with van der Waals surface area (Å²) in [6, 6.07) is 12.1. The molecule has 4 rings (SSSR count). The van der Waals surface area contributed by atoms with Gasteiger partial charge in [-0.3, -0.25) is 28.9 Å². The predicted octanol–water partition coefficient (Wildman–Crippen LogP) is 3.76. The molecule has 0 saturated heterocycles. The van der Waals surface area contributed by atoms with Gasteiger partial charge in [-0.2, -0.15) is 0 Å². The molecule has 0 N–H and O–H groups in total. The zero-order chi connectivity index (χ0) is 23.0. The van der Waals surface area contributed by atoms with Crippen molar-refractivity contribution in [3.05, 3.63) is 69.7 Å². The molecule has 2 amide bonds. The molecule has 1 saturated carbocycles. The van der Waals surface area contributed by atoms with Crippen molar-refractivity contribution in [2.45, 2.75) is 51.0 Å². The molecule has 0 aromatic heterocycles. The van der Waals surface area contributed by atoms with Crippen LogP contribution in [0.1, 0.15) is 64.4 Å². The van der Waals surface area contributed by atoms with E-state index in [9.17, 15) is 24.0 Å². The number of rotatable bonds is 6. The van der Waals surface area contributed by atoms with E-state index in [-0.39, 0.29) is 42.0 Å². The first kappa shape index (κ1) is 22.1. The van der Waals surface area contributed by atoms with Gasteiger partial charge in [-0.15, -0.1) is 0 Å². The van der Waals surface area contributed by atoms with E-state index in [1.165, 1.54) is 0 Å². The third-order valence-electron chi connectivity index (χ3n) is 6.30. The maximum absolute atomic E-state index is 13.1. The SMILES string of the molecule is C[C@]1(N2C(=O)c3ccc(CCC(=O)Cc4ccc(Cl)cc4)cc3C2=O)CCC(=O)CC1=O. The van der Waals surface area contributed by atoms with E-state index in [4.69, 9.17) is 11.6 Å². The van der Waals surface area contributed by atoms with E-state index in [2.05, 4.69) is 0 Å². The largest absolute Gasteiger partial charge is 0.299 e. The third-order valence-corrected chi connectivity index (χ3v) is 6.55. The Kier molecular flexibility index (Phi) is 5.82. The second kappa shape index (κ2) is 8.43. The first-order valence-electron chi connectivity index (χ1n) is 10.5. The van der Waals surface area contributed by atoms with E-state index in [1.54, 1.807) is 37.3 Å². The zero-order valence-electron chi connectivity index (χ0n) is 17.7. The molecule has 32 heavy (non-hydrogen) atoms. The Morgan fingerprint density at radius 3 is 2.31 bits per heavy atom. The fourth-order valence-corrected chi connectivity index (χ4v) is 4.44. The van der Waals surface area contributed by atoms with Crippen molar-refractivity contribution in [1.29, 1.82) is 0 Å². The summed E-state index contributed by atoms with van der Waals surface area (Å²) < 4.78 is 0. The number of halogens is 1. The third kappa shape index (κ3) is 4.02. The van der Waals surface area contributed by atoms with Crippen LogP contribution in [0.3, 0.4) is 0 Å². The smallest absolute Gasteiger partial charge is 0.262 e. The lowest BCUT2D eigenvalue weighted by Gasteiger charge is -2.38. The average molecular weight is 452 g/mol. The van der Waals surface area contributed by atoms with E-state index in [0.717, 1.165) is 16.0 Å². The van der Waals surface area contributed by atoms with Crippen LogP contribution in [0.15, 0.2) is 42.5 Å². The molecule has 2 aliphatic rings. The zero-order valence-corrected chi connectivity index (χ0v) is 18.4. The normalized spacial score (nSPS) is 20.6. The molecular weight excluding hydrogens is 430 g/mol. The Balaban J connectivity index is 1.47. The number of amides is 2. The van der Waals surface area contributed by atoms with Gasteiger partial charge in [0.2, 0.25) is 0 Å². The standard InChI is InChI=1S/C25H22ClNO5/c1-25(11-10-19(29)14-22(25)30)27-23(31)20-9-5-16(13-21(20)24(27)32)4-8-18(28)12-15-2-6-17(26)7-3-15/h2-3,5-7,9,13H,4,8,10-12,14H2,1H3/t25-/m0/s1. The van der Waals surface area contributed by atoms with Crippen LogP contribution in [-0.4, -0.2) is 39.6 Å². The highest BCUT2D eigenvalue weighted by molar-refractivity contribution is 6.30. The van der Waals surface area contributed by atoms with Gasteiger partial charge in [0.05, 0.1) is 17.5 Å². The fourth-order valence-electron chi connectivity index (χ4n) is 4.31. The number of carbonyl (C=O) groups is 5. The van der Waals surface area contributed by atoms with Crippen molar-refractivity contribution in [2.24, 2.45) is 0 Å². The van der Waals surface area contributed by atoms with E-state index >= 15 is 0 Å². The van der Waals surface area contributed by atoms with Crippen molar-refractivity contribution in [1.82, 2.24) is 4.90 Å². The van der Waals surface area contributed by atoms with Crippen LogP contribution < -0.4 is 0 Å². The van der Waals surface area contributed by atoms with Crippen LogP contribution >= 0.6 is 11.6 Å². The summed E-state index contributed by atoms with van der Waals surface area (Å²) in [5.74, 6) is -1.56. The number of Topliss-reactive ketones (excluding diaryl/α,β-unsaturated/α-hetero) is 3. The number of nitrogens with zero attached hydrogens (tertiary/aromatic N) is 1. The number of aryl methyl sites for hydroxylation is 1. The summed E-state index contributed by atoms with van der Waals surface area (Å²) in [6.45, 7) is 1.56. The summed E-state index contributed by atoms with van der Waals surface area (Å²) >= 11 is 5.87. The topological polar surface area (TPSA) is 88.6 Å². The van der Waals surface area contributed by atoms with E-state index in [0.29, 0.717) is 24.3 Å². The van der Waals surface area contributed by atoms with Gasteiger partial charge in [0.1, 0.15) is 17.1 Å². The van der Waals surface area contributed by atoms with Gasteiger partial charge in [-0.25, -0.2) is 0 Å². The highest BCUT2D eigenvalue weighted by atomic mass is 35.5. The number of fused-ring (bicyclic) bond motifs is 1. The molecule has 1 fully saturated rings. The minimum absolute atomic E-state index is 0.0573. The maximum Gasteiger partial charge on any atom is 0.262 e. The molecule has 6 nitrogen and oxygen atoms in total. The monoisotopic (exact) mass is 451 g/mol. The van der Waals surface area contributed by atoms with Gasteiger partial charge >= 0.3 is 0 Å². The van der Waals surface area contributed by atoms with Crippen molar-refractivity contribution < 1.29 is 24.0 Å². The van der Waals surface area contributed by atoms with E-state index < -0.39 is 23.1 Å². The minimum atomic E-state index is -1.31. The van der Waals surface area contributed by atoms with Gasteiger partial charge in [-0.05, 0) is 55.2 Å². The fraction of sp³-hybridized carbons (Fsp3) is 0.320. The van der Waals surface area contributed by atoms with Crippen LogP contribution in [0.2, 0.25) is 5.02 Å². The quantitative estimate of drug-likeness (QED) is 0.492. The highest BCUT2D eigenvalue weighted by Gasteiger charge is 2.52. The Labute approximate surface area is 190 Å². The lowest BCUT2D eigenvalue weighted by atomic mass is 9.80. The molecule has 1 aliphatic heterocycles. The summed E-state index contributed by atoms with van der Waals surface area (Å²) in [6.07, 6.45) is 1.08. The van der Waals surface area contributed by atoms with Crippen molar-refractivity contribution in [3.8, 4) is 0 Å². The second-order valence-corrected chi connectivity index (χ2v) is 9.02. The van der Waals surface area contributed by atoms with Gasteiger partial charge in [0.15, 0.2) is 5.78 Å². The van der Waals surface area contributed by atoms with Crippen molar-refractivity contribution in [3.63, 3.8) is 0 Å². The molecule has 2 aromatic rings. The number of hydrogen-bond acceptors (Lipinski definition) is 5. The number of benzene rings is 2. The molecule has 0 bridgehead atoms. The molecule has 0 radical (unpaired) electrons. The molecule has 1 heterocycles. The maximum atomic E-state index is 13.1. The first-order chi connectivity index (χ1) is 15.2. The Hall–Kier alpha value is -3.12. The lowest BCUT2D eigenvalue weighted by Crippen LogP contribution is -2.57. The Morgan fingerprint density at radius 2 is 1.62 bits per heavy atom. The Morgan fingerprint density at radius 1 is 0.969 bits per heavy atom. The molecule has 0 spiro atoms. The van der Waals surface area contributed by atoms with Crippen LogP contribution in [0, 0.1) is 0 Å². The van der Waals surface area contributed by atoms with Gasteiger partial charge in [0, 0.05) is 24.3 Å².